The molecule has 5 nitrogen and oxygen atoms in total. The molecular weight excluding hydrogens is 216 g/mol. The van der Waals surface area contributed by atoms with Gasteiger partial charge in [0.15, 0.2) is 0 Å². The van der Waals surface area contributed by atoms with Crippen LogP contribution in [0.3, 0.4) is 0 Å². The van der Waals surface area contributed by atoms with Crippen molar-refractivity contribution in [3.63, 3.8) is 0 Å². The summed E-state index contributed by atoms with van der Waals surface area (Å²) in [7, 11) is 3.80. The molecule has 1 rings (SSSR count). The first-order chi connectivity index (χ1) is 8.00. The van der Waals surface area contributed by atoms with Gasteiger partial charge in [-0.2, -0.15) is 5.10 Å². The van der Waals surface area contributed by atoms with Crippen molar-refractivity contribution in [3.8, 4) is 0 Å². The molecule has 1 heterocycles. The van der Waals surface area contributed by atoms with Gasteiger partial charge < -0.3 is 5.32 Å². The first-order valence-electron chi connectivity index (χ1n) is 5.94. The van der Waals surface area contributed by atoms with E-state index in [9.17, 15) is 4.79 Å². The van der Waals surface area contributed by atoms with Gasteiger partial charge >= 0.3 is 0 Å². The summed E-state index contributed by atoms with van der Waals surface area (Å²) >= 11 is 0. The predicted molar refractivity (Wildman–Crippen MR) is 67.7 cm³/mol. The van der Waals surface area contributed by atoms with E-state index in [1.165, 1.54) is 0 Å². The van der Waals surface area contributed by atoms with E-state index < -0.39 is 0 Å². The number of carbonyl (C=O) groups excluding carboxylic acids is 1. The van der Waals surface area contributed by atoms with Crippen molar-refractivity contribution < 1.29 is 4.79 Å². The molecule has 0 spiro atoms. The van der Waals surface area contributed by atoms with Crippen LogP contribution in [-0.4, -0.2) is 47.3 Å². The molecule has 1 N–H and O–H groups in total. The van der Waals surface area contributed by atoms with Gasteiger partial charge in [0.05, 0.1) is 12.2 Å². The van der Waals surface area contributed by atoms with Crippen LogP contribution in [0.25, 0.3) is 0 Å². The number of aryl methyl sites for hydroxylation is 2. The molecule has 1 aromatic rings. The highest BCUT2D eigenvalue weighted by molar-refractivity contribution is 5.81. The molecular formula is C12H22N4O. The van der Waals surface area contributed by atoms with E-state index in [1.54, 1.807) is 0 Å². The number of nitrogens with one attached hydrogen (secondary N) is 1. The normalized spacial score (nSPS) is 12.8. The van der Waals surface area contributed by atoms with Gasteiger partial charge in [-0.25, -0.2) is 0 Å². The maximum Gasteiger partial charge on any atom is 0.237 e. The van der Waals surface area contributed by atoms with E-state index in [1.807, 2.05) is 49.9 Å². The Kier molecular flexibility index (Phi) is 5.15. The van der Waals surface area contributed by atoms with E-state index in [0.29, 0.717) is 6.54 Å². The van der Waals surface area contributed by atoms with Crippen LogP contribution >= 0.6 is 0 Å². The molecule has 1 amide bonds. The standard InChI is InChI=1S/C12H22N4O/c1-10-8-14-16(9-10)7-5-6-13-12(17)11(2)15(3)4/h8-9,11H,5-7H2,1-4H3,(H,13,17)/t11-/m0/s1. The number of nitrogens with zero attached hydrogens (tertiary/aromatic N) is 3. The number of carbonyl (C=O) groups is 1. The fourth-order valence-corrected chi connectivity index (χ4v) is 1.42. The van der Waals surface area contributed by atoms with Crippen LogP contribution in [0.15, 0.2) is 12.4 Å². The van der Waals surface area contributed by atoms with Crippen LogP contribution < -0.4 is 5.32 Å². The van der Waals surface area contributed by atoms with Crippen LogP contribution in [0.4, 0.5) is 0 Å². The molecule has 0 saturated carbocycles. The smallest absolute Gasteiger partial charge is 0.237 e. The summed E-state index contributed by atoms with van der Waals surface area (Å²) in [5.41, 5.74) is 1.16. The number of aromatic nitrogens is 2. The second-order valence-corrected chi connectivity index (χ2v) is 4.56. The third-order valence-electron chi connectivity index (χ3n) is 2.78. The molecule has 0 saturated heterocycles. The van der Waals surface area contributed by atoms with Gasteiger partial charge in [0.2, 0.25) is 5.91 Å². The van der Waals surface area contributed by atoms with Crippen molar-refractivity contribution in [3.05, 3.63) is 18.0 Å². The quantitative estimate of drug-likeness (QED) is 0.740. The van der Waals surface area contributed by atoms with Gasteiger partial charge in [0, 0.05) is 19.3 Å². The van der Waals surface area contributed by atoms with Crippen LogP contribution in [0.5, 0.6) is 0 Å². The Morgan fingerprint density at radius 3 is 2.82 bits per heavy atom. The maximum atomic E-state index is 11.6. The topological polar surface area (TPSA) is 50.2 Å². The molecule has 0 radical (unpaired) electrons. The van der Waals surface area contributed by atoms with Crippen molar-refractivity contribution in [2.75, 3.05) is 20.6 Å². The fourth-order valence-electron chi connectivity index (χ4n) is 1.42. The van der Waals surface area contributed by atoms with Crippen molar-refractivity contribution in [2.45, 2.75) is 32.9 Å². The van der Waals surface area contributed by atoms with Crippen molar-refractivity contribution >= 4 is 5.91 Å². The minimum atomic E-state index is -0.0815. The summed E-state index contributed by atoms with van der Waals surface area (Å²) in [4.78, 5) is 13.5. The first-order valence-corrected chi connectivity index (χ1v) is 5.94. The minimum Gasteiger partial charge on any atom is -0.355 e. The highest BCUT2D eigenvalue weighted by atomic mass is 16.2. The van der Waals surface area contributed by atoms with E-state index in [4.69, 9.17) is 0 Å². The SMILES string of the molecule is Cc1cnn(CCCNC(=O)[C@H](C)N(C)C)c1. The summed E-state index contributed by atoms with van der Waals surface area (Å²) in [6.07, 6.45) is 4.74. The lowest BCUT2D eigenvalue weighted by Crippen LogP contribution is -2.41. The fraction of sp³-hybridized carbons (Fsp3) is 0.667. The van der Waals surface area contributed by atoms with E-state index in [-0.39, 0.29) is 11.9 Å². The molecule has 0 aliphatic carbocycles. The largest absolute Gasteiger partial charge is 0.355 e. The van der Waals surface area contributed by atoms with Gasteiger partial charge in [-0.1, -0.05) is 0 Å². The molecule has 96 valence electrons. The Bertz CT molecular complexity index is 359. The molecule has 1 atom stereocenters. The Hall–Kier alpha value is -1.36. The van der Waals surface area contributed by atoms with E-state index >= 15 is 0 Å². The molecule has 17 heavy (non-hydrogen) atoms. The van der Waals surface area contributed by atoms with Gasteiger partial charge in [0.1, 0.15) is 0 Å². The zero-order chi connectivity index (χ0) is 12.8. The average Bonchev–Trinajstić information content (AvgIpc) is 2.69. The average molecular weight is 238 g/mol. The van der Waals surface area contributed by atoms with Crippen LogP contribution in [0.1, 0.15) is 18.9 Å². The molecule has 5 heteroatoms. The number of likely N-dealkylation sites (N-methyl/N-ethyl adjacent to an activating group) is 1. The molecule has 1 aromatic heterocycles. The van der Waals surface area contributed by atoms with Gasteiger partial charge in [-0.15, -0.1) is 0 Å². The minimum absolute atomic E-state index is 0.0756. The predicted octanol–water partition coefficient (Wildman–Crippen LogP) is 0.648. The maximum absolute atomic E-state index is 11.6. The molecule has 0 aromatic carbocycles. The molecule has 0 aliphatic heterocycles. The van der Waals surface area contributed by atoms with E-state index in [0.717, 1.165) is 18.5 Å². The molecule has 0 fully saturated rings. The number of amides is 1. The second kappa shape index (κ2) is 6.39. The summed E-state index contributed by atoms with van der Waals surface area (Å²) in [6.45, 7) is 5.44. The number of rotatable bonds is 6. The Labute approximate surface area is 103 Å². The third kappa shape index (κ3) is 4.56. The molecule has 0 unspecified atom stereocenters. The van der Waals surface area contributed by atoms with Gasteiger partial charge in [-0.3, -0.25) is 14.4 Å². The Balaban J connectivity index is 2.18. The third-order valence-corrected chi connectivity index (χ3v) is 2.78. The summed E-state index contributed by atoms with van der Waals surface area (Å²) in [5.74, 6) is 0.0756. The van der Waals surface area contributed by atoms with Gasteiger partial charge in [0.25, 0.3) is 0 Å². The highest BCUT2D eigenvalue weighted by Crippen LogP contribution is 1.96. The highest BCUT2D eigenvalue weighted by Gasteiger charge is 2.13. The Morgan fingerprint density at radius 1 is 1.59 bits per heavy atom. The Morgan fingerprint density at radius 2 is 2.29 bits per heavy atom. The summed E-state index contributed by atoms with van der Waals surface area (Å²) in [5, 5.41) is 7.11. The monoisotopic (exact) mass is 238 g/mol. The van der Waals surface area contributed by atoms with Crippen LogP contribution in [0.2, 0.25) is 0 Å². The van der Waals surface area contributed by atoms with Crippen molar-refractivity contribution in [1.82, 2.24) is 20.0 Å². The first kappa shape index (κ1) is 13.7. The summed E-state index contributed by atoms with van der Waals surface area (Å²) < 4.78 is 1.90. The lowest BCUT2D eigenvalue weighted by Gasteiger charge is -2.18. The lowest BCUT2D eigenvalue weighted by atomic mass is 10.3. The zero-order valence-electron chi connectivity index (χ0n) is 11.1. The van der Waals surface area contributed by atoms with Crippen molar-refractivity contribution in [2.24, 2.45) is 0 Å². The lowest BCUT2D eigenvalue weighted by molar-refractivity contribution is -0.125. The zero-order valence-corrected chi connectivity index (χ0v) is 11.1. The second-order valence-electron chi connectivity index (χ2n) is 4.56. The van der Waals surface area contributed by atoms with Crippen LogP contribution in [0, 0.1) is 6.92 Å². The molecule has 0 bridgehead atoms. The number of hydrogen-bond donors (Lipinski definition) is 1. The number of hydrogen-bond acceptors (Lipinski definition) is 3. The van der Waals surface area contributed by atoms with E-state index in [2.05, 4.69) is 10.4 Å². The van der Waals surface area contributed by atoms with Gasteiger partial charge in [-0.05, 0) is 39.9 Å². The summed E-state index contributed by atoms with van der Waals surface area (Å²) in [6, 6.07) is -0.0815. The van der Waals surface area contributed by atoms with Crippen LogP contribution in [-0.2, 0) is 11.3 Å². The van der Waals surface area contributed by atoms with Crippen molar-refractivity contribution in [1.29, 1.82) is 0 Å². The molecule has 0 aliphatic rings.